The molecule has 2 atom stereocenters. The number of benzene rings is 1. The Morgan fingerprint density at radius 3 is 2.74 bits per heavy atom. The molecular formula is C21H29N3O3. The summed E-state index contributed by atoms with van der Waals surface area (Å²) in [7, 11) is 0. The number of ether oxygens (including phenoxy) is 1. The Bertz CT molecular complexity index is 850. The summed E-state index contributed by atoms with van der Waals surface area (Å²) >= 11 is 0. The van der Waals surface area contributed by atoms with Gasteiger partial charge in [-0.1, -0.05) is 13.8 Å². The van der Waals surface area contributed by atoms with Crippen LogP contribution in [0.3, 0.4) is 0 Å². The first-order chi connectivity index (χ1) is 12.6. The Kier molecular flexibility index (Phi) is 5.12. The van der Waals surface area contributed by atoms with Gasteiger partial charge in [-0.25, -0.2) is 0 Å². The van der Waals surface area contributed by atoms with Gasteiger partial charge < -0.3 is 4.74 Å². The zero-order chi connectivity index (χ0) is 19.8. The second-order valence-corrected chi connectivity index (χ2v) is 8.99. The third-order valence-electron chi connectivity index (χ3n) is 5.17. The third-order valence-corrected chi connectivity index (χ3v) is 5.17. The number of aromatic nitrogens is 2. The van der Waals surface area contributed by atoms with Crippen LogP contribution in [0.1, 0.15) is 57.8 Å². The highest BCUT2D eigenvalue weighted by atomic mass is 16.6. The van der Waals surface area contributed by atoms with E-state index < -0.39 is 17.1 Å². The smallest absolute Gasteiger partial charge is 0.312 e. The molecule has 0 aliphatic carbocycles. The van der Waals surface area contributed by atoms with Gasteiger partial charge in [0.25, 0.3) is 0 Å². The number of Topliss-reactive ketones (excluding diaryl/α,β-unsaturated/α-hetero) is 1. The van der Waals surface area contributed by atoms with Crippen molar-refractivity contribution >= 4 is 22.7 Å². The molecule has 1 aliphatic rings. The predicted molar refractivity (Wildman–Crippen MR) is 104 cm³/mol. The number of nitrogens with zero attached hydrogens (tertiary/aromatic N) is 1. The van der Waals surface area contributed by atoms with Crippen molar-refractivity contribution in [3.63, 3.8) is 0 Å². The number of esters is 1. The lowest BCUT2D eigenvalue weighted by molar-refractivity contribution is -0.164. The minimum Gasteiger partial charge on any atom is -0.445 e. The first-order valence-corrected chi connectivity index (χ1v) is 9.56. The van der Waals surface area contributed by atoms with Crippen molar-refractivity contribution in [2.75, 3.05) is 6.54 Å². The van der Waals surface area contributed by atoms with Crippen LogP contribution in [0, 0.1) is 16.7 Å². The molecule has 27 heavy (non-hydrogen) atoms. The van der Waals surface area contributed by atoms with Crippen molar-refractivity contribution in [2.45, 2.75) is 53.7 Å². The summed E-state index contributed by atoms with van der Waals surface area (Å²) in [6, 6.07) is 5.56. The number of fused-ring (bicyclic) bond motifs is 1. The van der Waals surface area contributed by atoms with Gasteiger partial charge in [-0.3, -0.25) is 20.0 Å². The lowest BCUT2D eigenvalue weighted by Gasteiger charge is -2.35. The third kappa shape index (κ3) is 3.76. The van der Waals surface area contributed by atoms with Crippen molar-refractivity contribution in [1.29, 1.82) is 0 Å². The van der Waals surface area contributed by atoms with Crippen LogP contribution < -0.4 is 5.32 Å². The van der Waals surface area contributed by atoms with E-state index >= 15 is 0 Å². The van der Waals surface area contributed by atoms with Gasteiger partial charge in [-0.15, -0.1) is 0 Å². The largest absolute Gasteiger partial charge is 0.445 e. The summed E-state index contributed by atoms with van der Waals surface area (Å²) in [5.74, 6) is 0.0199. The second kappa shape index (κ2) is 7.08. The van der Waals surface area contributed by atoms with Crippen LogP contribution in [0.4, 0.5) is 0 Å². The fourth-order valence-corrected chi connectivity index (χ4v) is 3.83. The average Bonchev–Trinajstić information content (AvgIpc) is 3.19. The molecule has 0 bridgehead atoms. The van der Waals surface area contributed by atoms with Gasteiger partial charge in [0.05, 0.1) is 22.5 Å². The van der Waals surface area contributed by atoms with E-state index in [0.29, 0.717) is 30.9 Å². The van der Waals surface area contributed by atoms with Crippen LogP contribution in [0.5, 0.6) is 0 Å². The molecule has 1 aromatic carbocycles. The van der Waals surface area contributed by atoms with Crippen LogP contribution in [0.25, 0.3) is 10.9 Å². The molecule has 1 aliphatic heterocycles. The summed E-state index contributed by atoms with van der Waals surface area (Å²) in [6.45, 7) is 10.3. The number of nitrogens with one attached hydrogen (secondary N) is 2. The van der Waals surface area contributed by atoms with E-state index in [0.717, 1.165) is 10.9 Å². The number of rotatable bonds is 5. The van der Waals surface area contributed by atoms with Crippen molar-refractivity contribution in [1.82, 2.24) is 15.5 Å². The maximum atomic E-state index is 13.6. The highest BCUT2D eigenvalue weighted by Gasteiger charge is 2.52. The lowest BCUT2D eigenvalue weighted by Crippen LogP contribution is -2.48. The van der Waals surface area contributed by atoms with Gasteiger partial charge in [0, 0.05) is 10.9 Å². The summed E-state index contributed by atoms with van der Waals surface area (Å²) in [4.78, 5) is 26.2. The molecule has 0 amide bonds. The normalized spacial score (nSPS) is 23.1. The van der Waals surface area contributed by atoms with Gasteiger partial charge in [0.15, 0.2) is 12.0 Å². The molecule has 2 N–H and O–H groups in total. The van der Waals surface area contributed by atoms with Gasteiger partial charge >= 0.3 is 5.97 Å². The van der Waals surface area contributed by atoms with Crippen molar-refractivity contribution in [2.24, 2.45) is 16.7 Å². The van der Waals surface area contributed by atoms with Gasteiger partial charge in [-0.05, 0) is 64.3 Å². The molecule has 1 fully saturated rings. The molecule has 0 radical (unpaired) electrons. The monoisotopic (exact) mass is 371 g/mol. The number of carbonyl (C=O) groups is 2. The fourth-order valence-electron chi connectivity index (χ4n) is 3.83. The Labute approximate surface area is 160 Å². The first kappa shape index (κ1) is 19.5. The maximum Gasteiger partial charge on any atom is 0.312 e. The summed E-state index contributed by atoms with van der Waals surface area (Å²) in [6.07, 6.45) is 2.41. The number of hydrogen-bond donors (Lipinski definition) is 2. The number of aromatic amines is 1. The fraction of sp³-hybridized carbons (Fsp3) is 0.571. The quantitative estimate of drug-likeness (QED) is 0.619. The van der Waals surface area contributed by atoms with E-state index in [4.69, 9.17) is 4.74 Å². The molecule has 3 rings (SSSR count). The van der Waals surface area contributed by atoms with E-state index in [9.17, 15) is 9.59 Å². The minimum atomic E-state index is -0.757. The molecule has 1 saturated heterocycles. The Balaban J connectivity index is 1.97. The zero-order valence-corrected chi connectivity index (χ0v) is 16.8. The van der Waals surface area contributed by atoms with Crippen molar-refractivity contribution in [3.05, 3.63) is 30.0 Å². The van der Waals surface area contributed by atoms with E-state index in [-0.39, 0.29) is 11.8 Å². The van der Waals surface area contributed by atoms with Gasteiger partial charge in [-0.2, -0.15) is 5.10 Å². The molecule has 2 aromatic rings. The van der Waals surface area contributed by atoms with E-state index in [1.54, 1.807) is 6.20 Å². The van der Waals surface area contributed by atoms with E-state index in [1.165, 1.54) is 0 Å². The van der Waals surface area contributed by atoms with Crippen LogP contribution in [0.2, 0.25) is 0 Å². The SMILES string of the molecule is CC(C)CC1(C(=O)c2ccc3[nH]ncc3c2)CCNC1OC(=O)C(C)(C)C. The second-order valence-electron chi connectivity index (χ2n) is 8.99. The summed E-state index contributed by atoms with van der Waals surface area (Å²) < 4.78 is 5.82. The predicted octanol–water partition coefficient (Wildman–Crippen LogP) is 3.69. The van der Waals surface area contributed by atoms with Crippen LogP contribution in [-0.2, 0) is 9.53 Å². The molecule has 0 spiro atoms. The Morgan fingerprint density at radius 2 is 2.07 bits per heavy atom. The summed E-state index contributed by atoms with van der Waals surface area (Å²) in [5.41, 5.74) is 0.147. The number of H-pyrrole nitrogens is 1. The van der Waals surface area contributed by atoms with Gasteiger partial charge in [0.1, 0.15) is 0 Å². The van der Waals surface area contributed by atoms with Crippen LogP contribution in [0.15, 0.2) is 24.4 Å². The van der Waals surface area contributed by atoms with E-state index in [1.807, 2.05) is 39.0 Å². The van der Waals surface area contributed by atoms with Crippen molar-refractivity contribution < 1.29 is 14.3 Å². The number of carbonyl (C=O) groups excluding carboxylic acids is 2. The average molecular weight is 371 g/mol. The molecular weight excluding hydrogens is 342 g/mol. The number of ketones is 1. The molecule has 2 unspecified atom stereocenters. The van der Waals surface area contributed by atoms with Crippen molar-refractivity contribution in [3.8, 4) is 0 Å². The highest BCUT2D eigenvalue weighted by Crippen LogP contribution is 2.42. The summed E-state index contributed by atoms with van der Waals surface area (Å²) in [5, 5.41) is 11.1. The topological polar surface area (TPSA) is 84.1 Å². The molecule has 1 aromatic heterocycles. The standard InChI is InChI=1S/C21H29N3O3/c1-13(2)11-21(8-9-22-18(21)27-19(26)20(3,4)5)17(25)14-6-7-16-15(10-14)12-23-24-16/h6-7,10,12-13,18,22H,8-9,11H2,1-5H3,(H,23,24). The molecule has 146 valence electrons. The van der Waals surface area contributed by atoms with Crippen LogP contribution in [-0.4, -0.2) is 34.7 Å². The molecule has 2 heterocycles. The molecule has 6 nitrogen and oxygen atoms in total. The zero-order valence-electron chi connectivity index (χ0n) is 16.8. The van der Waals surface area contributed by atoms with Crippen LogP contribution >= 0.6 is 0 Å². The maximum absolute atomic E-state index is 13.6. The molecule has 6 heteroatoms. The first-order valence-electron chi connectivity index (χ1n) is 9.56. The Morgan fingerprint density at radius 1 is 1.33 bits per heavy atom. The molecule has 0 saturated carbocycles. The van der Waals surface area contributed by atoms with E-state index in [2.05, 4.69) is 29.4 Å². The van der Waals surface area contributed by atoms with Gasteiger partial charge in [0.2, 0.25) is 0 Å². The Hall–Kier alpha value is -2.21. The minimum absolute atomic E-state index is 0.0241. The highest BCUT2D eigenvalue weighted by molar-refractivity contribution is 6.03. The number of hydrogen-bond acceptors (Lipinski definition) is 5. The lowest BCUT2D eigenvalue weighted by atomic mass is 9.72.